The minimum absolute atomic E-state index is 0.381. The zero-order chi connectivity index (χ0) is 26.3. The van der Waals surface area contributed by atoms with Gasteiger partial charge in [0.1, 0.15) is 17.2 Å². The van der Waals surface area contributed by atoms with Gasteiger partial charge in [0.25, 0.3) is 0 Å². The minimum atomic E-state index is -4.63. The summed E-state index contributed by atoms with van der Waals surface area (Å²) < 4.78 is 26.2. The molecule has 196 valence electrons. The van der Waals surface area contributed by atoms with Crippen molar-refractivity contribution >= 4 is 19.3 Å². The van der Waals surface area contributed by atoms with Gasteiger partial charge in [-0.05, 0) is 19.1 Å². The molecule has 0 bridgehead atoms. The molecule has 1 aromatic carbocycles. The fourth-order valence-corrected chi connectivity index (χ4v) is 4.58. The molecule has 0 unspecified atom stereocenters. The number of fused-ring (bicyclic) bond motifs is 1. The molecule has 38 heavy (non-hydrogen) atoms. The largest absolute Gasteiger partial charge is 0.471 e. The zero-order valence-electron chi connectivity index (χ0n) is 20.5. The Bertz CT molecular complexity index is 1630. The van der Waals surface area contributed by atoms with Gasteiger partial charge in [0.05, 0.1) is 18.9 Å². The number of benzene rings is 1. The first-order valence-electron chi connectivity index (χ1n) is 11.9. The van der Waals surface area contributed by atoms with Crippen LogP contribution < -0.4 is 4.90 Å². The minimum Gasteiger partial charge on any atom is -0.378 e. The number of rotatable bonds is 7. The van der Waals surface area contributed by atoms with E-state index in [2.05, 4.69) is 14.5 Å². The van der Waals surface area contributed by atoms with Gasteiger partial charge in [-0.15, -0.1) is 0 Å². The van der Waals surface area contributed by atoms with Crippen molar-refractivity contribution in [2.75, 3.05) is 31.2 Å². The average molecular weight is 536 g/mol. The maximum Gasteiger partial charge on any atom is 0.471 e. The second kappa shape index (κ2) is 9.78. The fraction of sp³-hybridized carbons (Fsp3) is 0.250. The molecule has 13 nitrogen and oxygen atoms in total. The van der Waals surface area contributed by atoms with E-state index in [1.807, 2.05) is 54.7 Å². The van der Waals surface area contributed by atoms with Crippen LogP contribution in [0.1, 0.15) is 5.69 Å². The van der Waals surface area contributed by atoms with Gasteiger partial charge in [-0.1, -0.05) is 30.3 Å². The lowest BCUT2D eigenvalue weighted by Gasteiger charge is -2.29. The highest BCUT2D eigenvalue weighted by Crippen LogP contribution is 2.36. The third-order valence-corrected chi connectivity index (χ3v) is 6.67. The van der Waals surface area contributed by atoms with Crippen molar-refractivity contribution in [3.63, 3.8) is 0 Å². The van der Waals surface area contributed by atoms with Gasteiger partial charge in [0.15, 0.2) is 18.2 Å². The highest BCUT2D eigenvalue weighted by molar-refractivity contribution is 7.46. The highest BCUT2D eigenvalue weighted by Gasteiger charge is 2.21. The molecule has 0 radical (unpaired) electrons. The summed E-state index contributed by atoms with van der Waals surface area (Å²) in [6.07, 6.45) is 1.88. The standard InChI is InChI=1S/C24H25N8O5P/c1-17-13-20(27-31(17)16-37-38(33,34)35)21-14-23-25-22(15-24(32(23)28-21)29-9-11-36-12-10-29)30-8-7-19(26-30)18-5-3-2-4-6-18/h2-8,13-15H,9-12,16H2,1H3,(H2,33,34,35). The lowest BCUT2D eigenvalue weighted by atomic mass is 10.2. The summed E-state index contributed by atoms with van der Waals surface area (Å²) in [6, 6.07) is 17.5. The highest BCUT2D eigenvalue weighted by atomic mass is 31.2. The van der Waals surface area contributed by atoms with E-state index >= 15 is 0 Å². The topological polar surface area (TPSA) is 145 Å². The molecule has 14 heteroatoms. The number of ether oxygens (including phenoxy) is 1. The lowest BCUT2D eigenvalue weighted by molar-refractivity contribution is 0.122. The Morgan fingerprint density at radius 3 is 2.50 bits per heavy atom. The summed E-state index contributed by atoms with van der Waals surface area (Å²) in [6.45, 7) is 4.01. The maximum absolute atomic E-state index is 11.1. The Labute approximate surface area is 217 Å². The molecule has 0 atom stereocenters. The number of hydrogen-bond donors (Lipinski definition) is 2. The molecule has 2 N–H and O–H groups in total. The maximum atomic E-state index is 11.1. The summed E-state index contributed by atoms with van der Waals surface area (Å²) in [5, 5.41) is 14.0. The second-order valence-electron chi connectivity index (χ2n) is 8.80. The van der Waals surface area contributed by atoms with Crippen LogP contribution in [-0.2, 0) is 20.6 Å². The number of hydrogen-bond acceptors (Lipinski definition) is 8. The summed E-state index contributed by atoms with van der Waals surface area (Å²) in [4.78, 5) is 25.1. The Balaban J connectivity index is 1.40. The number of nitrogens with zero attached hydrogens (tertiary/aromatic N) is 8. The van der Waals surface area contributed by atoms with Crippen LogP contribution in [0.15, 0.2) is 60.8 Å². The number of aromatic nitrogens is 7. The Morgan fingerprint density at radius 2 is 1.74 bits per heavy atom. The summed E-state index contributed by atoms with van der Waals surface area (Å²) >= 11 is 0. The first-order chi connectivity index (χ1) is 18.3. The molecule has 1 saturated heterocycles. The van der Waals surface area contributed by atoms with E-state index in [0.29, 0.717) is 54.9 Å². The number of morpholine rings is 1. The Kier molecular flexibility index (Phi) is 6.30. The van der Waals surface area contributed by atoms with Crippen LogP contribution >= 0.6 is 7.82 Å². The zero-order valence-corrected chi connectivity index (χ0v) is 21.3. The van der Waals surface area contributed by atoms with Crippen LogP contribution in [0.5, 0.6) is 0 Å². The molecule has 1 aliphatic rings. The Morgan fingerprint density at radius 1 is 0.974 bits per heavy atom. The van der Waals surface area contributed by atoms with E-state index < -0.39 is 7.82 Å². The molecular weight excluding hydrogens is 511 g/mol. The summed E-state index contributed by atoms with van der Waals surface area (Å²) in [5.74, 6) is 1.49. The van der Waals surface area contributed by atoms with Gasteiger partial charge < -0.3 is 19.4 Å². The molecule has 0 aliphatic carbocycles. The SMILES string of the molecule is Cc1cc(-c2cc3nc(-n4ccc(-c5ccccc5)n4)cc(N4CCOCC4)n3n2)nn1COP(=O)(O)O. The van der Waals surface area contributed by atoms with Crippen LogP contribution in [0.4, 0.5) is 5.82 Å². The molecule has 1 aliphatic heterocycles. The number of aryl methyl sites for hydroxylation is 1. The van der Waals surface area contributed by atoms with Gasteiger partial charge in [0, 0.05) is 42.7 Å². The first kappa shape index (κ1) is 24.5. The third-order valence-electron chi connectivity index (χ3n) is 6.22. The molecule has 0 spiro atoms. The predicted molar refractivity (Wildman–Crippen MR) is 138 cm³/mol. The number of phosphoric ester groups is 1. The van der Waals surface area contributed by atoms with E-state index in [1.165, 1.54) is 4.68 Å². The first-order valence-corrected chi connectivity index (χ1v) is 13.5. The van der Waals surface area contributed by atoms with Crippen LogP contribution in [-0.4, -0.2) is 70.2 Å². The molecule has 1 fully saturated rings. The van der Waals surface area contributed by atoms with E-state index in [0.717, 1.165) is 17.1 Å². The quantitative estimate of drug-likeness (QED) is 0.298. The molecule has 0 amide bonds. The Hall–Kier alpha value is -3.87. The molecule has 5 heterocycles. The molecule has 0 saturated carbocycles. The van der Waals surface area contributed by atoms with Crippen LogP contribution in [0.2, 0.25) is 0 Å². The van der Waals surface area contributed by atoms with Crippen molar-refractivity contribution < 1.29 is 23.6 Å². The van der Waals surface area contributed by atoms with Crippen molar-refractivity contribution in [2.24, 2.45) is 0 Å². The van der Waals surface area contributed by atoms with E-state index in [1.54, 1.807) is 22.2 Å². The lowest BCUT2D eigenvalue weighted by Crippen LogP contribution is -2.37. The van der Waals surface area contributed by atoms with E-state index in [9.17, 15) is 4.57 Å². The van der Waals surface area contributed by atoms with Crippen molar-refractivity contribution in [2.45, 2.75) is 13.7 Å². The average Bonchev–Trinajstić information content (AvgIpc) is 3.66. The summed E-state index contributed by atoms with van der Waals surface area (Å²) in [7, 11) is -4.63. The van der Waals surface area contributed by atoms with Crippen molar-refractivity contribution in [3.05, 3.63) is 66.5 Å². The molecule has 4 aromatic heterocycles. The molecule has 5 aromatic rings. The van der Waals surface area contributed by atoms with Crippen molar-refractivity contribution in [1.82, 2.24) is 34.2 Å². The van der Waals surface area contributed by atoms with Gasteiger partial charge in [-0.2, -0.15) is 19.8 Å². The van der Waals surface area contributed by atoms with Crippen LogP contribution in [0.25, 0.3) is 34.1 Å². The number of phosphoric acid groups is 1. The van der Waals surface area contributed by atoms with Gasteiger partial charge >= 0.3 is 7.82 Å². The van der Waals surface area contributed by atoms with Crippen LogP contribution in [0, 0.1) is 6.92 Å². The smallest absolute Gasteiger partial charge is 0.378 e. The third kappa shape index (κ3) is 4.97. The second-order valence-corrected chi connectivity index (χ2v) is 10.0. The van der Waals surface area contributed by atoms with Crippen LogP contribution in [0.3, 0.4) is 0 Å². The van der Waals surface area contributed by atoms with Crippen molar-refractivity contribution in [3.8, 4) is 28.5 Å². The molecular formula is C24H25N8O5P. The van der Waals surface area contributed by atoms with Gasteiger partial charge in [0.2, 0.25) is 0 Å². The fourth-order valence-electron chi connectivity index (χ4n) is 4.32. The van der Waals surface area contributed by atoms with E-state index in [-0.39, 0.29) is 6.73 Å². The summed E-state index contributed by atoms with van der Waals surface area (Å²) in [5.41, 5.74) is 4.22. The number of anilines is 1. The van der Waals surface area contributed by atoms with Gasteiger partial charge in [-0.25, -0.2) is 18.9 Å². The monoisotopic (exact) mass is 536 g/mol. The van der Waals surface area contributed by atoms with Crippen molar-refractivity contribution in [1.29, 1.82) is 0 Å². The molecule has 6 rings (SSSR count). The van der Waals surface area contributed by atoms with Gasteiger partial charge in [-0.3, -0.25) is 4.52 Å². The predicted octanol–water partition coefficient (Wildman–Crippen LogP) is 2.66. The normalized spacial score (nSPS) is 14.4. The van der Waals surface area contributed by atoms with E-state index in [4.69, 9.17) is 29.7 Å².